The molecule has 42 heavy (non-hydrogen) atoms. The Morgan fingerprint density at radius 1 is 0.381 bits per heavy atom. The Bertz CT molecular complexity index is 525. The van der Waals surface area contributed by atoms with Gasteiger partial charge in [-0.2, -0.15) is 0 Å². The topological polar surface area (TPSA) is 52.6 Å². The van der Waals surface area contributed by atoms with Crippen LogP contribution >= 0.6 is 0 Å². The molecular weight excluding hydrogens is 520 g/mol. The quantitative estimate of drug-likeness (QED) is 0.0560. The van der Waals surface area contributed by atoms with Crippen molar-refractivity contribution in [1.82, 2.24) is 0 Å². The first-order chi connectivity index (χ1) is 20.6. The van der Waals surface area contributed by atoms with Crippen molar-refractivity contribution < 1.29 is 19.1 Å². The molecule has 0 aliphatic rings. The number of unbranched alkanes of at least 4 members (excludes halogenated alkanes) is 17. The highest BCUT2D eigenvalue weighted by molar-refractivity contribution is 5.70. The van der Waals surface area contributed by atoms with Crippen LogP contribution in [-0.4, -0.2) is 25.2 Å². The molecule has 4 heteroatoms. The lowest BCUT2D eigenvalue weighted by Crippen LogP contribution is -2.15. The van der Waals surface area contributed by atoms with E-state index in [1.54, 1.807) is 0 Å². The van der Waals surface area contributed by atoms with Gasteiger partial charge in [0.05, 0.1) is 13.2 Å². The molecule has 0 heterocycles. The molecule has 0 saturated carbocycles. The van der Waals surface area contributed by atoms with Crippen LogP contribution < -0.4 is 0 Å². The summed E-state index contributed by atoms with van der Waals surface area (Å²) >= 11 is 0. The second-order valence-electron chi connectivity index (χ2n) is 13.1. The Morgan fingerprint density at radius 2 is 0.643 bits per heavy atom. The summed E-state index contributed by atoms with van der Waals surface area (Å²) in [6.07, 6.45) is 32.8. The van der Waals surface area contributed by atoms with Crippen LogP contribution in [0.4, 0.5) is 0 Å². The highest BCUT2D eigenvalue weighted by atomic mass is 16.5. The van der Waals surface area contributed by atoms with Crippen LogP contribution in [-0.2, 0) is 19.1 Å². The minimum absolute atomic E-state index is 0.101. The summed E-state index contributed by atoms with van der Waals surface area (Å²) in [5, 5.41) is 0. The van der Waals surface area contributed by atoms with E-state index in [4.69, 9.17) is 9.47 Å². The molecule has 250 valence electrons. The van der Waals surface area contributed by atoms with Crippen LogP contribution in [0.5, 0.6) is 0 Å². The number of esters is 2. The van der Waals surface area contributed by atoms with E-state index < -0.39 is 0 Å². The molecule has 0 aromatic carbocycles. The summed E-state index contributed by atoms with van der Waals surface area (Å²) in [7, 11) is 0. The summed E-state index contributed by atoms with van der Waals surface area (Å²) in [4.78, 5) is 24.8. The number of rotatable bonds is 33. The van der Waals surface area contributed by atoms with Gasteiger partial charge in [0.2, 0.25) is 0 Å². The summed E-state index contributed by atoms with van der Waals surface area (Å²) in [5.74, 6) is 0.795. The van der Waals surface area contributed by atoms with Crippen molar-refractivity contribution in [2.45, 2.75) is 207 Å². The zero-order valence-corrected chi connectivity index (χ0v) is 29.0. The number of carbonyl (C=O) groups excluding carboxylic acids is 2. The van der Waals surface area contributed by atoms with E-state index in [1.165, 1.54) is 154 Å². The summed E-state index contributed by atoms with van der Waals surface area (Å²) in [6.45, 7) is 10.2. The second kappa shape index (κ2) is 32.8. The zero-order valence-electron chi connectivity index (χ0n) is 29.0. The van der Waals surface area contributed by atoms with Gasteiger partial charge in [0.1, 0.15) is 0 Å². The van der Waals surface area contributed by atoms with E-state index in [-0.39, 0.29) is 11.9 Å². The van der Waals surface area contributed by atoms with Crippen LogP contribution in [0.3, 0.4) is 0 Å². The molecule has 0 N–H and O–H groups in total. The maximum absolute atomic E-state index is 12.4. The van der Waals surface area contributed by atoms with Gasteiger partial charge in [0, 0.05) is 12.8 Å². The predicted octanol–water partition coefficient (Wildman–Crippen LogP) is 12.3. The standard InChI is InChI=1S/C38H74O4/c1-5-9-13-17-19-23-29-35(27-21-15-11-7-3)33-41-37(39)31-25-26-32-38(40)42-34-36(28-22-16-12-8-4)30-24-20-18-14-10-6-2/h35-36H,5-34H2,1-4H3/t35-,36+. The van der Waals surface area contributed by atoms with E-state index >= 15 is 0 Å². The van der Waals surface area contributed by atoms with Gasteiger partial charge in [-0.1, -0.05) is 156 Å². The first-order valence-electron chi connectivity index (χ1n) is 18.9. The van der Waals surface area contributed by atoms with E-state index in [0.717, 1.165) is 0 Å². The molecule has 0 aromatic rings. The first-order valence-corrected chi connectivity index (χ1v) is 18.9. The van der Waals surface area contributed by atoms with Gasteiger partial charge in [-0.3, -0.25) is 9.59 Å². The Balaban J connectivity index is 4.22. The van der Waals surface area contributed by atoms with E-state index in [0.29, 0.717) is 50.7 Å². The molecule has 0 aromatic heterocycles. The monoisotopic (exact) mass is 595 g/mol. The lowest BCUT2D eigenvalue weighted by Gasteiger charge is -2.17. The predicted molar refractivity (Wildman–Crippen MR) is 181 cm³/mol. The molecule has 0 saturated heterocycles. The van der Waals surface area contributed by atoms with E-state index in [9.17, 15) is 9.59 Å². The minimum Gasteiger partial charge on any atom is -0.465 e. The third-order valence-corrected chi connectivity index (χ3v) is 8.84. The lowest BCUT2D eigenvalue weighted by atomic mass is 9.95. The summed E-state index contributed by atoms with van der Waals surface area (Å²) in [5.41, 5.74) is 0. The molecule has 0 radical (unpaired) electrons. The van der Waals surface area contributed by atoms with Crippen molar-refractivity contribution in [3.8, 4) is 0 Å². The maximum Gasteiger partial charge on any atom is 0.305 e. The van der Waals surface area contributed by atoms with Gasteiger partial charge >= 0.3 is 11.9 Å². The molecule has 0 aliphatic heterocycles. The SMILES string of the molecule is CCCCCCCC[C@@H](CCCCCC)COC(=O)CCCCC(=O)OC[C@@H](CCCCCC)CCCCCCCC. The molecule has 4 nitrogen and oxygen atoms in total. The first kappa shape index (κ1) is 40.9. The molecule has 0 bridgehead atoms. The van der Waals surface area contributed by atoms with Gasteiger partial charge < -0.3 is 9.47 Å². The molecule has 2 atom stereocenters. The Labute approximate surface area is 263 Å². The van der Waals surface area contributed by atoms with Crippen molar-refractivity contribution in [2.24, 2.45) is 11.8 Å². The van der Waals surface area contributed by atoms with Gasteiger partial charge in [-0.15, -0.1) is 0 Å². The molecule has 0 rings (SSSR count). The van der Waals surface area contributed by atoms with Crippen LogP contribution in [0.1, 0.15) is 207 Å². The number of hydrogen-bond acceptors (Lipinski definition) is 4. The van der Waals surface area contributed by atoms with Gasteiger partial charge in [0.15, 0.2) is 0 Å². The number of carbonyl (C=O) groups is 2. The second-order valence-corrected chi connectivity index (χ2v) is 13.1. The molecule has 0 aliphatic carbocycles. The smallest absolute Gasteiger partial charge is 0.305 e. The molecular formula is C38H74O4. The fourth-order valence-corrected chi connectivity index (χ4v) is 5.87. The molecule has 0 fully saturated rings. The molecule has 0 unspecified atom stereocenters. The summed E-state index contributed by atoms with van der Waals surface area (Å²) < 4.78 is 11.4. The normalized spacial score (nSPS) is 12.8. The minimum atomic E-state index is -0.101. The fourth-order valence-electron chi connectivity index (χ4n) is 5.87. The van der Waals surface area contributed by atoms with Crippen molar-refractivity contribution in [3.05, 3.63) is 0 Å². The maximum atomic E-state index is 12.4. The Kier molecular flexibility index (Phi) is 32.0. The highest BCUT2D eigenvalue weighted by Gasteiger charge is 2.14. The summed E-state index contributed by atoms with van der Waals surface area (Å²) in [6, 6.07) is 0. The van der Waals surface area contributed by atoms with Crippen molar-refractivity contribution in [1.29, 1.82) is 0 Å². The van der Waals surface area contributed by atoms with Crippen molar-refractivity contribution in [2.75, 3.05) is 13.2 Å². The van der Waals surface area contributed by atoms with Crippen LogP contribution in [0.15, 0.2) is 0 Å². The van der Waals surface area contributed by atoms with Crippen molar-refractivity contribution in [3.63, 3.8) is 0 Å². The Hall–Kier alpha value is -1.06. The van der Waals surface area contributed by atoms with Gasteiger partial charge in [-0.05, 0) is 50.4 Å². The third kappa shape index (κ3) is 29.0. The van der Waals surface area contributed by atoms with Crippen LogP contribution in [0, 0.1) is 11.8 Å². The van der Waals surface area contributed by atoms with Gasteiger partial charge in [0.25, 0.3) is 0 Å². The number of ether oxygens (including phenoxy) is 2. The highest BCUT2D eigenvalue weighted by Crippen LogP contribution is 2.21. The van der Waals surface area contributed by atoms with E-state index in [2.05, 4.69) is 27.7 Å². The average molecular weight is 595 g/mol. The van der Waals surface area contributed by atoms with Crippen LogP contribution in [0.2, 0.25) is 0 Å². The number of hydrogen-bond donors (Lipinski definition) is 0. The molecule has 0 amide bonds. The van der Waals surface area contributed by atoms with Gasteiger partial charge in [-0.25, -0.2) is 0 Å². The van der Waals surface area contributed by atoms with Crippen LogP contribution in [0.25, 0.3) is 0 Å². The zero-order chi connectivity index (χ0) is 30.9. The largest absolute Gasteiger partial charge is 0.465 e. The van der Waals surface area contributed by atoms with E-state index in [1.807, 2.05) is 0 Å². The van der Waals surface area contributed by atoms with Crippen molar-refractivity contribution >= 4 is 11.9 Å². The Morgan fingerprint density at radius 3 is 0.952 bits per heavy atom. The third-order valence-electron chi connectivity index (χ3n) is 8.84. The fraction of sp³-hybridized carbons (Fsp3) is 0.947. The lowest BCUT2D eigenvalue weighted by molar-refractivity contribution is -0.147. The average Bonchev–Trinajstić information content (AvgIpc) is 2.99. The molecule has 0 spiro atoms.